The molecule has 8 heteroatoms. The molecule has 0 aliphatic carbocycles. The molecular weight excluding hydrogens is 356 g/mol. The van der Waals surface area contributed by atoms with Gasteiger partial charge < -0.3 is 10.1 Å². The number of amides is 1. The van der Waals surface area contributed by atoms with Crippen LogP contribution in [0.2, 0.25) is 0 Å². The molecule has 0 saturated heterocycles. The number of rotatable bonds is 8. The Morgan fingerprint density at radius 2 is 1.88 bits per heavy atom. The third kappa shape index (κ3) is 5.89. The number of nitrogens with zero attached hydrogens (tertiary/aromatic N) is 1. The SMILES string of the molecule is Cc1cccc([N+](=O)[O-])c1NC(=O)COC(=O)CCSc1ccccc1. The van der Waals surface area contributed by atoms with Crippen molar-refractivity contribution in [3.8, 4) is 0 Å². The average Bonchev–Trinajstić information content (AvgIpc) is 2.62. The lowest BCUT2D eigenvalue weighted by Gasteiger charge is -2.09. The molecular formula is C18H18N2O5S. The fraction of sp³-hybridized carbons (Fsp3) is 0.222. The normalized spacial score (nSPS) is 10.2. The molecule has 2 rings (SSSR count). The lowest BCUT2D eigenvalue weighted by molar-refractivity contribution is -0.384. The van der Waals surface area contributed by atoms with Crippen LogP contribution < -0.4 is 5.32 Å². The number of para-hydroxylation sites is 1. The molecule has 0 atom stereocenters. The first-order valence-corrected chi connectivity index (χ1v) is 8.83. The first-order chi connectivity index (χ1) is 12.5. The van der Waals surface area contributed by atoms with Crippen LogP contribution in [0.15, 0.2) is 53.4 Å². The van der Waals surface area contributed by atoms with Gasteiger partial charge in [-0.05, 0) is 24.6 Å². The molecule has 26 heavy (non-hydrogen) atoms. The molecule has 7 nitrogen and oxygen atoms in total. The number of nitrogens with one attached hydrogen (secondary N) is 1. The van der Waals surface area contributed by atoms with Crippen LogP contribution in [-0.2, 0) is 14.3 Å². The summed E-state index contributed by atoms with van der Waals surface area (Å²) in [5.74, 6) is -0.581. The highest BCUT2D eigenvalue weighted by molar-refractivity contribution is 7.99. The van der Waals surface area contributed by atoms with E-state index >= 15 is 0 Å². The van der Waals surface area contributed by atoms with Crippen molar-refractivity contribution in [3.63, 3.8) is 0 Å². The van der Waals surface area contributed by atoms with Gasteiger partial charge in [0.2, 0.25) is 0 Å². The number of hydrogen-bond acceptors (Lipinski definition) is 6. The van der Waals surface area contributed by atoms with Gasteiger partial charge in [0.1, 0.15) is 5.69 Å². The van der Waals surface area contributed by atoms with E-state index in [1.807, 2.05) is 30.3 Å². The number of ether oxygens (including phenoxy) is 1. The number of esters is 1. The van der Waals surface area contributed by atoms with E-state index in [2.05, 4.69) is 5.32 Å². The minimum atomic E-state index is -0.619. The van der Waals surface area contributed by atoms with Crippen molar-refractivity contribution < 1.29 is 19.2 Å². The van der Waals surface area contributed by atoms with Crippen LogP contribution in [0.4, 0.5) is 11.4 Å². The predicted octanol–water partition coefficient (Wildman–Crippen LogP) is 3.57. The van der Waals surface area contributed by atoms with Crippen LogP contribution in [-0.4, -0.2) is 29.2 Å². The summed E-state index contributed by atoms with van der Waals surface area (Å²) in [5, 5.41) is 13.5. The lowest BCUT2D eigenvalue weighted by atomic mass is 10.1. The van der Waals surface area contributed by atoms with Gasteiger partial charge in [-0.2, -0.15) is 0 Å². The largest absolute Gasteiger partial charge is 0.456 e. The van der Waals surface area contributed by atoms with Crippen LogP contribution in [0.5, 0.6) is 0 Å². The molecule has 0 saturated carbocycles. The molecule has 0 heterocycles. The molecule has 0 aliphatic rings. The number of benzene rings is 2. The molecule has 0 spiro atoms. The summed E-state index contributed by atoms with van der Waals surface area (Å²) in [6.07, 6.45) is 0.164. The number of anilines is 1. The summed E-state index contributed by atoms with van der Waals surface area (Å²) >= 11 is 1.52. The highest BCUT2D eigenvalue weighted by Crippen LogP contribution is 2.27. The summed E-state index contributed by atoms with van der Waals surface area (Å²) in [4.78, 5) is 35.1. The van der Waals surface area contributed by atoms with Crippen molar-refractivity contribution in [1.29, 1.82) is 0 Å². The molecule has 0 fully saturated rings. The molecule has 1 amide bonds. The minimum Gasteiger partial charge on any atom is -0.456 e. The van der Waals surface area contributed by atoms with Gasteiger partial charge in [-0.1, -0.05) is 30.3 Å². The number of carbonyl (C=O) groups excluding carboxylic acids is 2. The second-order valence-electron chi connectivity index (χ2n) is 5.35. The Morgan fingerprint density at radius 3 is 2.58 bits per heavy atom. The van der Waals surface area contributed by atoms with Crippen LogP contribution in [0, 0.1) is 17.0 Å². The minimum absolute atomic E-state index is 0.109. The van der Waals surface area contributed by atoms with E-state index in [1.165, 1.54) is 23.9 Å². The van der Waals surface area contributed by atoms with Crippen molar-refractivity contribution in [3.05, 3.63) is 64.2 Å². The summed E-state index contributed by atoms with van der Waals surface area (Å²) in [6.45, 7) is 1.16. The van der Waals surface area contributed by atoms with E-state index in [9.17, 15) is 19.7 Å². The van der Waals surface area contributed by atoms with E-state index < -0.39 is 23.4 Å². The number of nitro benzene ring substituents is 1. The zero-order valence-electron chi connectivity index (χ0n) is 14.1. The number of carbonyl (C=O) groups is 2. The fourth-order valence-corrected chi connectivity index (χ4v) is 2.98. The topological polar surface area (TPSA) is 98.5 Å². The molecule has 2 aromatic carbocycles. The maximum absolute atomic E-state index is 11.9. The Hall–Kier alpha value is -2.87. The molecule has 0 radical (unpaired) electrons. The molecule has 0 unspecified atom stereocenters. The number of aryl methyl sites for hydroxylation is 1. The molecule has 1 N–H and O–H groups in total. The quantitative estimate of drug-likeness (QED) is 0.328. The zero-order chi connectivity index (χ0) is 18.9. The average molecular weight is 374 g/mol. The molecule has 0 bridgehead atoms. The van der Waals surface area contributed by atoms with Gasteiger partial charge in [-0.15, -0.1) is 11.8 Å². The number of nitro groups is 1. The summed E-state index contributed by atoms with van der Waals surface area (Å²) in [5.41, 5.74) is 0.459. The Kier molecular flexibility index (Phi) is 7.16. The van der Waals surface area contributed by atoms with Crippen molar-refractivity contribution in [1.82, 2.24) is 0 Å². The van der Waals surface area contributed by atoms with Crippen molar-refractivity contribution in [2.45, 2.75) is 18.2 Å². The third-order valence-electron chi connectivity index (χ3n) is 3.39. The van der Waals surface area contributed by atoms with Gasteiger partial charge in [0.05, 0.1) is 11.3 Å². The number of hydrogen-bond donors (Lipinski definition) is 1. The Labute approximate surface area is 154 Å². The second kappa shape index (κ2) is 9.57. The van der Waals surface area contributed by atoms with Crippen molar-refractivity contribution in [2.75, 3.05) is 17.7 Å². The van der Waals surface area contributed by atoms with Gasteiger partial charge in [0.15, 0.2) is 6.61 Å². The van der Waals surface area contributed by atoms with Gasteiger partial charge in [0, 0.05) is 16.7 Å². The van der Waals surface area contributed by atoms with Gasteiger partial charge >= 0.3 is 5.97 Å². The van der Waals surface area contributed by atoms with Crippen molar-refractivity contribution >= 4 is 35.0 Å². The molecule has 0 aliphatic heterocycles. The Bertz CT molecular complexity index is 795. The maximum Gasteiger partial charge on any atom is 0.307 e. The van der Waals surface area contributed by atoms with Gasteiger partial charge in [-0.3, -0.25) is 19.7 Å². The summed E-state index contributed by atoms with van der Waals surface area (Å²) in [7, 11) is 0. The van der Waals surface area contributed by atoms with Crippen LogP contribution in [0.1, 0.15) is 12.0 Å². The van der Waals surface area contributed by atoms with E-state index in [-0.39, 0.29) is 17.8 Å². The van der Waals surface area contributed by atoms with Gasteiger partial charge in [-0.25, -0.2) is 0 Å². The van der Waals surface area contributed by atoms with E-state index in [0.717, 1.165) is 4.90 Å². The van der Waals surface area contributed by atoms with Crippen LogP contribution >= 0.6 is 11.8 Å². The smallest absolute Gasteiger partial charge is 0.307 e. The summed E-state index contributed by atoms with van der Waals surface area (Å²) in [6, 6.07) is 14.1. The third-order valence-corrected chi connectivity index (χ3v) is 4.41. The van der Waals surface area contributed by atoms with E-state index in [4.69, 9.17) is 4.74 Å². The van der Waals surface area contributed by atoms with Gasteiger partial charge in [0.25, 0.3) is 11.6 Å². The van der Waals surface area contributed by atoms with Crippen LogP contribution in [0.3, 0.4) is 0 Å². The van der Waals surface area contributed by atoms with E-state index in [0.29, 0.717) is 11.3 Å². The first kappa shape index (κ1) is 19.5. The predicted molar refractivity (Wildman–Crippen MR) is 99.2 cm³/mol. The highest BCUT2D eigenvalue weighted by atomic mass is 32.2. The molecule has 136 valence electrons. The van der Waals surface area contributed by atoms with E-state index in [1.54, 1.807) is 13.0 Å². The fourth-order valence-electron chi connectivity index (χ4n) is 2.13. The highest BCUT2D eigenvalue weighted by Gasteiger charge is 2.18. The van der Waals surface area contributed by atoms with Crippen molar-refractivity contribution in [2.24, 2.45) is 0 Å². The Morgan fingerprint density at radius 1 is 1.15 bits per heavy atom. The lowest BCUT2D eigenvalue weighted by Crippen LogP contribution is -2.22. The monoisotopic (exact) mass is 374 g/mol. The second-order valence-corrected chi connectivity index (χ2v) is 6.51. The molecule has 2 aromatic rings. The standard InChI is InChI=1S/C18H18N2O5S/c1-13-6-5-9-15(20(23)24)18(13)19-16(21)12-25-17(22)10-11-26-14-7-3-2-4-8-14/h2-9H,10-12H2,1H3,(H,19,21). The molecule has 0 aromatic heterocycles. The number of thioether (sulfide) groups is 1. The zero-order valence-corrected chi connectivity index (χ0v) is 15.0. The summed E-state index contributed by atoms with van der Waals surface area (Å²) < 4.78 is 4.92. The van der Waals surface area contributed by atoms with Crippen LogP contribution in [0.25, 0.3) is 0 Å². The maximum atomic E-state index is 11.9. The first-order valence-electron chi connectivity index (χ1n) is 7.84. The Balaban J connectivity index is 1.78.